The quantitative estimate of drug-likeness (QED) is 0.578. The number of anilines is 2. The molecule has 0 amide bonds. The number of para-hydroxylation sites is 1. The molecule has 1 atom stereocenters. The summed E-state index contributed by atoms with van der Waals surface area (Å²) in [5, 5.41) is 1.32. The molecule has 3 aromatic rings. The van der Waals surface area contributed by atoms with Gasteiger partial charge in [0.05, 0.1) is 22.9 Å². The molecule has 1 spiro atoms. The summed E-state index contributed by atoms with van der Waals surface area (Å²) in [4.78, 5) is 11.8. The number of hydrogen-bond donors (Lipinski definition) is 2. The number of benzene rings is 1. The molecular formula is C23H26ClN5OS. The van der Waals surface area contributed by atoms with Gasteiger partial charge in [0.2, 0.25) is 0 Å². The Morgan fingerprint density at radius 3 is 2.58 bits per heavy atom. The molecule has 2 aliphatic heterocycles. The summed E-state index contributed by atoms with van der Waals surface area (Å²) >= 11 is 7.71. The maximum atomic E-state index is 6.57. The molecule has 8 heteroatoms. The minimum Gasteiger partial charge on any atom is -0.485 e. The van der Waals surface area contributed by atoms with E-state index in [1.54, 1.807) is 6.20 Å². The first-order chi connectivity index (χ1) is 14.6. The standard InChI is InChI=1S/C22H22ClN5OS.CH4/c23-19-17(7-10-26-21(19)25)30-18-6-5-14(13-27-18)28-11-8-22(9-12-28)20(24)15-3-1-2-4-16(15)29-22;/h1-7,10,13,20H,8-9,11-12,24H2,(H2,25,26);1H4/t20-;/m1./s1. The van der Waals surface area contributed by atoms with Crippen LogP contribution in [0.3, 0.4) is 0 Å². The number of nitrogens with two attached hydrogens (primary N) is 2. The Kier molecular flexibility index (Phi) is 6.01. The fourth-order valence-electron chi connectivity index (χ4n) is 4.21. The minimum absolute atomic E-state index is 0. The van der Waals surface area contributed by atoms with Crippen molar-refractivity contribution in [3.8, 4) is 5.75 Å². The Labute approximate surface area is 192 Å². The van der Waals surface area contributed by atoms with Crippen molar-refractivity contribution in [3.63, 3.8) is 0 Å². The van der Waals surface area contributed by atoms with E-state index in [1.807, 2.05) is 36.5 Å². The van der Waals surface area contributed by atoms with Gasteiger partial charge in [-0.1, -0.05) is 49.0 Å². The third-order valence-corrected chi connectivity index (χ3v) is 7.45. The molecule has 0 aliphatic carbocycles. The summed E-state index contributed by atoms with van der Waals surface area (Å²) in [6.07, 6.45) is 5.31. The number of nitrogens with zero attached hydrogens (tertiary/aromatic N) is 3. The summed E-state index contributed by atoms with van der Waals surface area (Å²) in [6, 6.07) is 14.0. The average Bonchev–Trinajstić information content (AvgIpc) is 3.04. The van der Waals surface area contributed by atoms with Gasteiger partial charge in [-0.15, -0.1) is 0 Å². The molecule has 0 bridgehead atoms. The predicted octanol–water partition coefficient (Wildman–Crippen LogP) is 4.93. The fraction of sp³-hybridized carbons (Fsp3) is 0.304. The zero-order chi connectivity index (χ0) is 20.7. The lowest BCUT2D eigenvalue weighted by Crippen LogP contribution is -2.51. The number of fused-ring (bicyclic) bond motifs is 1. The van der Waals surface area contributed by atoms with Crippen molar-refractivity contribution in [2.24, 2.45) is 5.73 Å². The Hall–Kier alpha value is -2.48. The van der Waals surface area contributed by atoms with E-state index in [2.05, 4.69) is 27.0 Å². The molecule has 0 radical (unpaired) electrons. The first-order valence-corrected chi connectivity index (χ1v) is 11.1. The van der Waals surface area contributed by atoms with Gasteiger partial charge >= 0.3 is 0 Å². The van der Waals surface area contributed by atoms with Crippen molar-refractivity contribution in [2.45, 2.75) is 41.8 Å². The van der Waals surface area contributed by atoms with Crippen molar-refractivity contribution in [3.05, 3.63) is 65.4 Å². The Balaban J connectivity index is 0.00000231. The number of hydrogen-bond acceptors (Lipinski definition) is 7. The lowest BCUT2D eigenvalue weighted by Gasteiger charge is -2.41. The zero-order valence-electron chi connectivity index (χ0n) is 16.3. The lowest BCUT2D eigenvalue weighted by molar-refractivity contribution is 0.0432. The summed E-state index contributed by atoms with van der Waals surface area (Å²) in [5.74, 6) is 1.26. The van der Waals surface area contributed by atoms with Gasteiger partial charge in [0.25, 0.3) is 0 Å². The summed E-state index contributed by atoms with van der Waals surface area (Å²) in [5.41, 5.74) is 14.3. The zero-order valence-corrected chi connectivity index (χ0v) is 17.9. The SMILES string of the molecule is C.Nc1nccc(Sc2ccc(N3CCC4(CC3)Oc3ccccc3[C@H]4N)cn2)c1Cl. The van der Waals surface area contributed by atoms with Gasteiger partial charge in [0, 0.05) is 42.6 Å². The van der Waals surface area contributed by atoms with Crippen molar-refractivity contribution in [1.82, 2.24) is 9.97 Å². The second-order valence-electron chi connectivity index (χ2n) is 7.63. The molecular weight excluding hydrogens is 430 g/mol. The first kappa shape index (κ1) is 21.7. The molecule has 6 nitrogen and oxygen atoms in total. The number of rotatable bonds is 3. The molecule has 0 saturated carbocycles. The third-order valence-electron chi connectivity index (χ3n) is 5.93. The highest BCUT2D eigenvalue weighted by Crippen LogP contribution is 2.47. The Morgan fingerprint density at radius 1 is 1.10 bits per heavy atom. The highest BCUT2D eigenvalue weighted by Gasteiger charge is 2.48. The number of aromatic nitrogens is 2. The molecule has 1 aromatic carbocycles. The van der Waals surface area contributed by atoms with Crippen LogP contribution in [-0.4, -0.2) is 28.7 Å². The summed E-state index contributed by atoms with van der Waals surface area (Å²) < 4.78 is 6.34. The lowest BCUT2D eigenvalue weighted by atomic mass is 9.83. The molecule has 5 rings (SSSR count). The van der Waals surface area contributed by atoms with Gasteiger partial charge in [0.1, 0.15) is 22.2 Å². The minimum atomic E-state index is -0.304. The molecule has 1 fully saturated rings. The summed E-state index contributed by atoms with van der Waals surface area (Å²) in [7, 11) is 0. The predicted molar refractivity (Wildman–Crippen MR) is 127 cm³/mol. The average molecular weight is 456 g/mol. The van der Waals surface area contributed by atoms with Crippen LogP contribution in [0.2, 0.25) is 5.02 Å². The molecule has 31 heavy (non-hydrogen) atoms. The highest BCUT2D eigenvalue weighted by atomic mass is 35.5. The molecule has 0 unspecified atom stereocenters. The van der Waals surface area contributed by atoms with Crippen molar-refractivity contribution < 1.29 is 4.74 Å². The van der Waals surface area contributed by atoms with E-state index in [1.165, 1.54) is 11.8 Å². The largest absolute Gasteiger partial charge is 0.485 e. The molecule has 1 saturated heterocycles. The summed E-state index contributed by atoms with van der Waals surface area (Å²) in [6.45, 7) is 1.76. The van der Waals surface area contributed by atoms with Crippen molar-refractivity contribution >= 4 is 34.9 Å². The molecule has 2 aromatic heterocycles. The molecule has 4 N–H and O–H groups in total. The second-order valence-corrected chi connectivity index (χ2v) is 9.07. The van der Waals surface area contributed by atoms with Gasteiger partial charge in [-0.25, -0.2) is 9.97 Å². The van der Waals surface area contributed by atoms with E-state index in [4.69, 9.17) is 27.8 Å². The number of ether oxygens (including phenoxy) is 1. The number of piperidine rings is 1. The topological polar surface area (TPSA) is 90.3 Å². The van der Waals surface area contributed by atoms with Crippen LogP contribution in [0.1, 0.15) is 31.9 Å². The van der Waals surface area contributed by atoms with Crippen LogP contribution in [0.25, 0.3) is 0 Å². The Bertz CT molecular complexity index is 1070. The van der Waals surface area contributed by atoms with Crippen LogP contribution in [0.4, 0.5) is 11.5 Å². The van der Waals surface area contributed by atoms with E-state index in [0.29, 0.717) is 10.8 Å². The van der Waals surface area contributed by atoms with Gasteiger partial charge in [0.15, 0.2) is 0 Å². The van der Waals surface area contributed by atoms with Crippen LogP contribution in [0.15, 0.2) is 64.8 Å². The van der Waals surface area contributed by atoms with Crippen molar-refractivity contribution in [2.75, 3.05) is 23.7 Å². The first-order valence-electron chi connectivity index (χ1n) is 9.88. The van der Waals surface area contributed by atoms with Crippen LogP contribution < -0.4 is 21.1 Å². The van der Waals surface area contributed by atoms with Gasteiger partial charge < -0.3 is 21.1 Å². The maximum absolute atomic E-state index is 6.57. The van der Waals surface area contributed by atoms with Gasteiger partial charge in [-0.3, -0.25) is 0 Å². The third kappa shape index (κ3) is 3.93. The Morgan fingerprint density at radius 2 is 1.87 bits per heavy atom. The second kappa shape index (κ2) is 8.57. The number of pyridine rings is 2. The van der Waals surface area contributed by atoms with E-state index in [-0.39, 0.29) is 19.1 Å². The fourth-order valence-corrected chi connectivity index (χ4v) is 5.22. The van der Waals surface area contributed by atoms with E-state index in [9.17, 15) is 0 Å². The van der Waals surface area contributed by atoms with Crippen LogP contribution in [0.5, 0.6) is 5.75 Å². The normalized spacial score (nSPS) is 18.9. The molecule has 4 heterocycles. The highest BCUT2D eigenvalue weighted by molar-refractivity contribution is 7.99. The smallest absolute Gasteiger partial charge is 0.143 e. The molecule has 2 aliphatic rings. The van der Waals surface area contributed by atoms with Crippen LogP contribution in [-0.2, 0) is 0 Å². The van der Waals surface area contributed by atoms with E-state index < -0.39 is 0 Å². The van der Waals surface area contributed by atoms with Gasteiger partial charge in [-0.2, -0.15) is 0 Å². The number of halogens is 1. The number of nitrogen functional groups attached to an aromatic ring is 1. The van der Waals surface area contributed by atoms with E-state index in [0.717, 1.165) is 52.9 Å². The van der Waals surface area contributed by atoms with Crippen LogP contribution >= 0.6 is 23.4 Å². The maximum Gasteiger partial charge on any atom is 0.143 e. The van der Waals surface area contributed by atoms with Gasteiger partial charge in [-0.05, 0) is 24.3 Å². The molecule has 162 valence electrons. The monoisotopic (exact) mass is 455 g/mol. The van der Waals surface area contributed by atoms with Crippen molar-refractivity contribution in [1.29, 1.82) is 0 Å². The van der Waals surface area contributed by atoms with Crippen LogP contribution in [0, 0.1) is 0 Å². The van der Waals surface area contributed by atoms with E-state index >= 15 is 0 Å².